The summed E-state index contributed by atoms with van der Waals surface area (Å²) < 4.78 is 10.9. The van der Waals surface area contributed by atoms with Gasteiger partial charge < -0.3 is 20.3 Å². The lowest BCUT2D eigenvalue weighted by atomic mass is 10.2. The molecule has 1 aromatic heterocycles. The van der Waals surface area contributed by atoms with Crippen LogP contribution in [0.25, 0.3) is 0 Å². The molecule has 2 aromatic rings. The smallest absolute Gasteiger partial charge is 0.373 e. The van der Waals surface area contributed by atoms with Gasteiger partial charge in [-0.1, -0.05) is 0 Å². The Labute approximate surface area is 131 Å². The largest absolute Gasteiger partial charge is 0.492 e. The van der Waals surface area contributed by atoms with E-state index in [1.54, 1.807) is 12.1 Å². The molecule has 0 atom stereocenters. The predicted octanol–water partition coefficient (Wildman–Crippen LogP) is 2.30. The number of carboxylic acids is 1. The first-order valence-corrected chi connectivity index (χ1v) is 6.81. The van der Waals surface area contributed by atoms with Gasteiger partial charge in [0.05, 0.1) is 18.9 Å². The van der Waals surface area contributed by atoms with Gasteiger partial charge in [-0.15, -0.1) is 15.3 Å². The number of aromatic carboxylic acids is 1. The van der Waals surface area contributed by atoms with Crippen LogP contribution in [0.3, 0.4) is 0 Å². The van der Waals surface area contributed by atoms with Crippen molar-refractivity contribution in [3.05, 3.63) is 18.0 Å². The van der Waals surface area contributed by atoms with Gasteiger partial charge in [-0.3, -0.25) is 5.10 Å². The molecule has 0 fully saturated rings. The van der Waals surface area contributed by atoms with Gasteiger partial charge in [0.2, 0.25) is 5.82 Å². The number of H-pyrrole nitrogens is 1. The number of azo groups is 1. The number of rotatable bonds is 7. The molecule has 0 saturated carbocycles. The molecule has 0 aliphatic heterocycles. The average molecular weight is 320 g/mol. The second kappa shape index (κ2) is 7.20. The summed E-state index contributed by atoms with van der Waals surface area (Å²) in [7, 11) is 0. The van der Waals surface area contributed by atoms with Crippen molar-refractivity contribution >= 4 is 23.3 Å². The summed E-state index contributed by atoms with van der Waals surface area (Å²) in [5.74, 6) is -0.798. The topological polar surface area (TPSA) is 148 Å². The van der Waals surface area contributed by atoms with Crippen LogP contribution in [-0.2, 0) is 0 Å². The Morgan fingerprint density at radius 1 is 1.26 bits per heavy atom. The van der Waals surface area contributed by atoms with E-state index in [1.165, 1.54) is 0 Å². The Morgan fingerprint density at radius 3 is 2.57 bits per heavy atom. The fraction of sp³-hybridized carbons (Fsp3) is 0.308. The third-order valence-electron chi connectivity index (χ3n) is 2.61. The van der Waals surface area contributed by atoms with Crippen LogP contribution in [0.5, 0.6) is 11.5 Å². The number of carboxylic acid groups (broad SMARTS) is 1. The molecule has 0 aliphatic carbocycles. The zero-order valence-electron chi connectivity index (χ0n) is 12.6. The first kappa shape index (κ1) is 16.2. The second-order valence-electron chi connectivity index (χ2n) is 4.21. The SMILES string of the molecule is CCOc1cc(N=Nc2n[nH]c(C(=O)O)n2)c(OCC)cc1N. The molecule has 0 spiro atoms. The van der Waals surface area contributed by atoms with E-state index in [1.807, 2.05) is 13.8 Å². The minimum atomic E-state index is -1.24. The number of nitrogens with two attached hydrogens (primary N) is 1. The molecule has 4 N–H and O–H groups in total. The standard InChI is InChI=1S/C13H16N6O4/c1-3-22-9-6-8(10(23-4-2)5-7(9)14)16-18-13-15-11(12(20)21)17-19-13/h5-6H,3-4,14H2,1-2H3,(H,20,21)(H,15,17,19). The van der Waals surface area contributed by atoms with Crippen LogP contribution in [0.1, 0.15) is 24.5 Å². The van der Waals surface area contributed by atoms with Gasteiger partial charge in [-0.05, 0) is 13.8 Å². The van der Waals surface area contributed by atoms with Crippen LogP contribution in [0.2, 0.25) is 0 Å². The Morgan fingerprint density at radius 2 is 1.96 bits per heavy atom. The molecule has 0 saturated heterocycles. The molecular formula is C13H16N6O4. The van der Waals surface area contributed by atoms with E-state index >= 15 is 0 Å². The number of anilines is 1. The maximum atomic E-state index is 10.7. The number of hydrogen-bond donors (Lipinski definition) is 3. The highest BCUT2D eigenvalue weighted by Gasteiger charge is 2.12. The van der Waals surface area contributed by atoms with Crippen molar-refractivity contribution < 1.29 is 19.4 Å². The van der Waals surface area contributed by atoms with Crippen molar-refractivity contribution in [3.8, 4) is 11.5 Å². The molecule has 122 valence electrons. The molecular weight excluding hydrogens is 304 g/mol. The van der Waals surface area contributed by atoms with Crippen LogP contribution >= 0.6 is 0 Å². The number of aromatic nitrogens is 3. The molecule has 0 aliphatic rings. The van der Waals surface area contributed by atoms with E-state index in [0.29, 0.717) is 36.1 Å². The Hall–Kier alpha value is -3.17. The van der Waals surface area contributed by atoms with Gasteiger partial charge in [0.1, 0.15) is 17.2 Å². The summed E-state index contributed by atoms with van der Waals surface area (Å²) in [5, 5.41) is 22.4. The van der Waals surface area contributed by atoms with E-state index in [4.69, 9.17) is 20.3 Å². The molecule has 2 rings (SSSR count). The molecule has 1 aromatic carbocycles. The predicted molar refractivity (Wildman–Crippen MR) is 80.7 cm³/mol. The van der Waals surface area contributed by atoms with Crippen LogP contribution in [-0.4, -0.2) is 39.5 Å². The highest BCUT2D eigenvalue weighted by atomic mass is 16.5. The summed E-state index contributed by atoms with van der Waals surface area (Å²) in [6, 6.07) is 3.17. The van der Waals surface area contributed by atoms with Crippen molar-refractivity contribution in [2.24, 2.45) is 10.2 Å². The van der Waals surface area contributed by atoms with Gasteiger partial charge in [0.15, 0.2) is 0 Å². The van der Waals surface area contributed by atoms with E-state index in [-0.39, 0.29) is 11.8 Å². The molecule has 0 unspecified atom stereocenters. The highest BCUT2D eigenvalue weighted by molar-refractivity contribution is 5.83. The number of nitrogens with one attached hydrogen (secondary N) is 1. The van der Waals surface area contributed by atoms with E-state index in [0.717, 1.165) is 0 Å². The lowest BCUT2D eigenvalue weighted by Crippen LogP contribution is -1.99. The van der Waals surface area contributed by atoms with Gasteiger partial charge in [0, 0.05) is 12.1 Å². The lowest BCUT2D eigenvalue weighted by molar-refractivity contribution is 0.0684. The quantitative estimate of drug-likeness (QED) is 0.523. The number of carbonyl (C=O) groups is 1. The lowest BCUT2D eigenvalue weighted by Gasteiger charge is -2.11. The van der Waals surface area contributed by atoms with Crippen molar-refractivity contribution in [2.45, 2.75) is 13.8 Å². The first-order valence-electron chi connectivity index (χ1n) is 6.81. The van der Waals surface area contributed by atoms with E-state index in [2.05, 4.69) is 25.4 Å². The van der Waals surface area contributed by atoms with Crippen molar-refractivity contribution in [1.82, 2.24) is 15.2 Å². The fourth-order valence-electron chi connectivity index (χ4n) is 1.69. The van der Waals surface area contributed by atoms with Gasteiger partial charge >= 0.3 is 5.97 Å². The number of hydrogen-bond acceptors (Lipinski definition) is 8. The van der Waals surface area contributed by atoms with Crippen LogP contribution < -0.4 is 15.2 Å². The molecule has 0 radical (unpaired) electrons. The number of benzene rings is 1. The second-order valence-corrected chi connectivity index (χ2v) is 4.21. The Balaban J connectivity index is 2.33. The maximum absolute atomic E-state index is 10.7. The van der Waals surface area contributed by atoms with Crippen molar-refractivity contribution in [1.29, 1.82) is 0 Å². The molecule has 0 amide bonds. The van der Waals surface area contributed by atoms with Crippen molar-refractivity contribution in [3.63, 3.8) is 0 Å². The molecule has 0 bridgehead atoms. The zero-order valence-corrected chi connectivity index (χ0v) is 12.6. The number of ether oxygens (including phenoxy) is 2. The summed E-state index contributed by atoms with van der Waals surface area (Å²) in [4.78, 5) is 14.4. The first-order chi connectivity index (χ1) is 11.0. The zero-order chi connectivity index (χ0) is 16.8. The molecule has 10 nitrogen and oxygen atoms in total. The third kappa shape index (κ3) is 3.93. The van der Waals surface area contributed by atoms with Crippen molar-refractivity contribution in [2.75, 3.05) is 18.9 Å². The van der Waals surface area contributed by atoms with Gasteiger partial charge in [-0.25, -0.2) is 4.79 Å². The van der Waals surface area contributed by atoms with Gasteiger partial charge in [0.25, 0.3) is 5.95 Å². The van der Waals surface area contributed by atoms with E-state index in [9.17, 15) is 4.79 Å². The fourth-order valence-corrected chi connectivity index (χ4v) is 1.69. The summed E-state index contributed by atoms with van der Waals surface area (Å²) in [5.41, 5.74) is 6.66. The van der Waals surface area contributed by atoms with Crippen LogP contribution in [0.4, 0.5) is 17.3 Å². The summed E-state index contributed by atoms with van der Waals surface area (Å²) >= 11 is 0. The molecule has 1 heterocycles. The minimum absolute atomic E-state index is 0.111. The summed E-state index contributed by atoms with van der Waals surface area (Å²) in [6.45, 7) is 4.51. The number of nitrogen functional groups attached to an aromatic ring is 1. The maximum Gasteiger partial charge on any atom is 0.373 e. The minimum Gasteiger partial charge on any atom is -0.492 e. The van der Waals surface area contributed by atoms with Gasteiger partial charge in [-0.2, -0.15) is 4.98 Å². The van der Waals surface area contributed by atoms with Crippen LogP contribution in [0, 0.1) is 0 Å². The summed E-state index contributed by atoms with van der Waals surface area (Å²) in [6.07, 6.45) is 0. The Bertz CT molecular complexity index is 727. The highest BCUT2D eigenvalue weighted by Crippen LogP contribution is 2.37. The normalized spacial score (nSPS) is 10.9. The monoisotopic (exact) mass is 320 g/mol. The third-order valence-corrected chi connectivity index (χ3v) is 2.61. The number of aromatic amines is 1. The van der Waals surface area contributed by atoms with Crippen LogP contribution in [0.15, 0.2) is 22.4 Å². The number of nitrogens with zero attached hydrogens (tertiary/aromatic N) is 4. The average Bonchev–Trinajstić information content (AvgIpc) is 2.98. The molecule has 23 heavy (non-hydrogen) atoms. The Kier molecular flexibility index (Phi) is 5.07. The molecule has 10 heteroatoms. The van der Waals surface area contributed by atoms with E-state index < -0.39 is 5.97 Å².